The van der Waals surface area contributed by atoms with Gasteiger partial charge >= 0.3 is 0 Å². The van der Waals surface area contributed by atoms with Crippen molar-refractivity contribution in [1.29, 1.82) is 0 Å². The van der Waals surface area contributed by atoms with Gasteiger partial charge in [-0.1, -0.05) is 35.9 Å². The van der Waals surface area contributed by atoms with E-state index in [4.69, 9.17) is 11.6 Å². The van der Waals surface area contributed by atoms with Crippen LogP contribution in [0.5, 0.6) is 0 Å². The Labute approximate surface area is 150 Å². The molecule has 1 atom stereocenters. The summed E-state index contributed by atoms with van der Waals surface area (Å²) in [7, 11) is -7.90. The minimum atomic E-state index is -4.38. The molecule has 0 spiro atoms. The Morgan fingerprint density at radius 1 is 1.08 bits per heavy atom. The summed E-state index contributed by atoms with van der Waals surface area (Å²) >= 11 is 5.71. The van der Waals surface area contributed by atoms with E-state index in [2.05, 4.69) is 0 Å². The summed E-state index contributed by atoms with van der Waals surface area (Å²) in [6.07, 6.45) is 1.28. The second kappa shape index (κ2) is 6.44. The van der Waals surface area contributed by atoms with E-state index in [0.29, 0.717) is 0 Å². The molecule has 0 saturated carbocycles. The highest BCUT2D eigenvalue weighted by Gasteiger charge is 2.37. The normalized spacial score (nSPS) is 19.0. The fourth-order valence-corrected chi connectivity index (χ4v) is 5.87. The molecule has 0 amide bonds. The number of sulfone groups is 1. The third-order valence-electron chi connectivity index (χ3n) is 3.68. The third kappa shape index (κ3) is 3.42. The lowest BCUT2D eigenvalue weighted by Gasteiger charge is -2.29. The van der Waals surface area contributed by atoms with Crippen LogP contribution < -0.4 is 4.31 Å². The molecule has 0 N–H and O–H groups in total. The Bertz CT molecular complexity index is 1040. The summed E-state index contributed by atoms with van der Waals surface area (Å²) in [6, 6.07) is 10.6. The standard InChI is InChI=1S/C16H13ClFNO4S2/c17-14-7-4-8-15(16(14)18)25(22,23)19(12-5-2-1-3-6-12)13-9-10-24(20,21)11-13/h1-10,13H,11H2/t13-/m0/s1. The summed E-state index contributed by atoms with van der Waals surface area (Å²) in [5, 5.41) is 0.640. The molecule has 1 aliphatic rings. The van der Waals surface area contributed by atoms with Crippen molar-refractivity contribution >= 4 is 37.1 Å². The molecule has 0 radical (unpaired) electrons. The SMILES string of the molecule is O=S1(=O)C=C[C@H](N(c2ccccc2)S(=O)(=O)c2cccc(Cl)c2F)C1. The van der Waals surface area contributed by atoms with Crippen LogP contribution in [0.25, 0.3) is 0 Å². The molecule has 2 aromatic carbocycles. The van der Waals surface area contributed by atoms with Gasteiger partial charge in [-0.25, -0.2) is 21.2 Å². The van der Waals surface area contributed by atoms with E-state index in [0.717, 1.165) is 15.8 Å². The van der Waals surface area contributed by atoms with Gasteiger partial charge in [0.1, 0.15) is 4.90 Å². The lowest BCUT2D eigenvalue weighted by atomic mass is 10.2. The predicted molar refractivity (Wildman–Crippen MR) is 94.2 cm³/mol. The van der Waals surface area contributed by atoms with E-state index in [-0.39, 0.29) is 10.7 Å². The molecule has 2 aromatic rings. The average Bonchev–Trinajstić information content (AvgIpc) is 2.90. The van der Waals surface area contributed by atoms with Gasteiger partial charge in [0, 0.05) is 5.41 Å². The largest absolute Gasteiger partial charge is 0.267 e. The fraction of sp³-hybridized carbons (Fsp3) is 0.125. The summed E-state index contributed by atoms with van der Waals surface area (Å²) in [6.45, 7) is 0. The maximum Gasteiger partial charge on any atom is 0.267 e. The Morgan fingerprint density at radius 2 is 1.76 bits per heavy atom. The Kier molecular flexibility index (Phi) is 4.61. The number of hydrogen-bond acceptors (Lipinski definition) is 4. The second-order valence-corrected chi connectivity index (χ2v) is 9.54. The zero-order valence-electron chi connectivity index (χ0n) is 12.7. The molecular weight excluding hydrogens is 389 g/mol. The average molecular weight is 402 g/mol. The van der Waals surface area contributed by atoms with E-state index in [1.54, 1.807) is 18.2 Å². The van der Waals surface area contributed by atoms with E-state index in [9.17, 15) is 21.2 Å². The first-order valence-corrected chi connectivity index (χ1v) is 10.7. The molecule has 1 heterocycles. The van der Waals surface area contributed by atoms with Crippen molar-refractivity contribution in [3.63, 3.8) is 0 Å². The highest BCUT2D eigenvalue weighted by molar-refractivity contribution is 7.95. The number of hydrogen-bond donors (Lipinski definition) is 0. The molecule has 0 bridgehead atoms. The van der Waals surface area contributed by atoms with Crippen molar-refractivity contribution in [3.05, 3.63) is 70.9 Å². The maximum atomic E-state index is 14.3. The maximum absolute atomic E-state index is 14.3. The van der Waals surface area contributed by atoms with Crippen molar-refractivity contribution in [2.45, 2.75) is 10.9 Å². The van der Waals surface area contributed by atoms with Gasteiger partial charge < -0.3 is 0 Å². The summed E-state index contributed by atoms with van der Waals surface area (Å²) in [4.78, 5) is -0.610. The van der Waals surface area contributed by atoms with Gasteiger partial charge in [0.25, 0.3) is 10.0 Å². The van der Waals surface area contributed by atoms with Crippen molar-refractivity contribution in [2.75, 3.05) is 10.1 Å². The van der Waals surface area contributed by atoms with E-state index < -0.39 is 42.4 Å². The lowest BCUT2D eigenvalue weighted by Crippen LogP contribution is -2.41. The number of para-hydroxylation sites is 1. The number of benzene rings is 2. The monoisotopic (exact) mass is 401 g/mol. The molecular formula is C16H13ClFNO4S2. The third-order valence-corrected chi connectivity index (χ3v) is 7.22. The van der Waals surface area contributed by atoms with Crippen molar-refractivity contribution in [3.8, 4) is 0 Å². The number of halogens is 2. The van der Waals surface area contributed by atoms with Crippen LogP contribution >= 0.6 is 11.6 Å². The zero-order chi connectivity index (χ0) is 18.2. The first kappa shape index (κ1) is 17.9. The molecule has 0 saturated heterocycles. The lowest BCUT2D eigenvalue weighted by molar-refractivity contribution is 0.561. The van der Waals surface area contributed by atoms with Crippen LogP contribution in [0.2, 0.25) is 5.02 Å². The predicted octanol–water partition coefficient (Wildman–Crippen LogP) is 2.99. The number of rotatable bonds is 4. The van der Waals surface area contributed by atoms with E-state index in [1.165, 1.54) is 30.3 Å². The molecule has 5 nitrogen and oxygen atoms in total. The van der Waals surface area contributed by atoms with E-state index in [1.807, 2.05) is 0 Å². The topological polar surface area (TPSA) is 71.5 Å². The van der Waals surface area contributed by atoms with Gasteiger partial charge in [-0.3, -0.25) is 4.31 Å². The van der Waals surface area contributed by atoms with Crippen LogP contribution in [-0.4, -0.2) is 28.6 Å². The molecule has 132 valence electrons. The van der Waals surface area contributed by atoms with Crippen LogP contribution in [0.4, 0.5) is 10.1 Å². The molecule has 0 unspecified atom stereocenters. The summed E-state index contributed by atoms with van der Waals surface area (Å²) in [5.41, 5.74) is 0.230. The van der Waals surface area contributed by atoms with Crippen LogP contribution in [0.3, 0.4) is 0 Å². The first-order chi connectivity index (χ1) is 11.7. The highest BCUT2D eigenvalue weighted by atomic mass is 35.5. The Balaban J connectivity index is 2.18. The minimum Gasteiger partial charge on any atom is -0.258 e. The van der Waals surface area contributed by atoms with Gasteiger partial charge in [0.05, 0.1) is 22.5 Å². The van der Waals surface area contributed by atoms with Gasteiger partial charge in [-0.05, 0) is 30.3 Å². The zero-order valence-corrected chi connectivity index (χ0v) is 15.1. The first-order valence-electron chi connectivity index (χ1n) is 7.17. The van der Waals surface area contributed by atoms with Crippen LogP contribution in [-0.2, 0) is 19.9 Å². The van der Waals surface area contributed by atoms with Crippen molar-refractivity contribution in [1.82, 2.24) is 0 Å². The number of nitrogens with zero attached hydrogens (tertiary/aromatic N) is 1. The Hall–Kier alpha value is -1.90. The van der Waals surface area contributed by atoms with Crippen LogP contribution in [0.15, 0.2) is 64.9 Å². The molecule has 0 fully saturated rings. The van der Waals surface area contributed by atoms with E-state index >= 15 is 0 Å². The van der Waals surface area contributed by atoms with Crippen molar-refractivity contribution in [2.24, 2.45) is 0 Å². The second-order valence-electron chi connectivity index (χ2n) is 5.41. The summed E-state index contributed by atoms with van der Waals surface area (Å²) < 4.78 is 65.0. The summed E-state index contributed by atoms with van der Waals surface area (Å²) in [5.74, 6) is -1.49. The quantitative estimate of drug-likeness (QED) is 0.789. The van der Waals surface area contributed by atoms with Gasteiger partial charge in [-0.2, -0.15) is 0 Å². The molecule has 1 aliphatic heterocycles. The van der Waals surface area contributed by atoms with Crippen molar-refractivity contribution < 1.29 is 21.2 Å². The molecule has 25 heavy (non-hydrogen) atoms. The van der Waals surface area contributed by atoms with Gasteiger partial charge in [-0.15, -0.1) is 0 Å². The van der Waals surface area contributed by atoms with Gasteiger partial charge in [0.2, 0.25) is 0 Å². The molecule has 3 rings (SSSR count). The number of sulfonamides is 1. The fourth-order valence-electron chi connectivity index (χ4n) is 2.58. The highest BCUT2D eigenvalue weighted by Crippen LogP contribution is 2.32. The Morgan fingerprint density at radius 3 is 2.36 bits per heavy atom. The molecule has 0 aromatic heterocycles. The number of anilines is 1. The van der Waals surface area contributed by atoms with Crippen LogP contribution in [0, 0.1) is 5.82 Å². The minimum absolute atomic E-state index is 0.230. The molecule has 9 heteroatoms. The van der Waals surface area contributed by atoms with Crippen LogP contribution in [0.1, 0.15) is 0 Å². The smallest absolute Gasteiger partial charge is 0.258 e. The molecule has 0 aliphatic carbocycles. The van der Waals surface area contributed by atoms with Gasteiger partial charge in [0.15, 0.2) is 15.7 Å².